The molecule has 0 aliphatic heterocycles. The average Bonchev–Trinajstić information content (AvgIpc) is 2.86. The third-order valence-corrected chi connectivity index (χ3v) is 7.30. The lowest BCUT2D eigenvalue weighted by atomic mass is 10.0. The lowest BCUT2D eigenvalue weighted by Gasteiger charge is -2.24. The van der Waals surface area contributed by atoms with Crippen LogP contribution in [-0.2, 0) is 31.0 Å². The number of carbonyl (C=O) groups excluding carboxylic acids is 3. The molecule has 0 saturated heterocycles. The molecule has 10 heteroatoms. The minimum atomic E-state index is -4.08. The van der Waals surface area contributed by atoms with Gasteiger partial charge in [0, 0.05) is 24.5 Å². The Balaban J connectivity index is 1.64. The maximum absolute atomic E-state index is 13.1. The molecule has 39 heavy (non-hydrogen) atoms. The minimum absolute atomic E-state index is 0.0250. The summed E-state index contributed by atoms with van der Waals surface area (Å²) in [6, 6.07) is 19.4. The number of nitrogens with one attached hydrogen (secondary N) is 4. The molecule has 3 rings (SSSR count). The van der Waals surface area contributed by atoms with Gasteiger partial charge in [0.15, 0.2) is 0 Å². The third-order valence-electron chi connectivity index (χ3n) is 5.81. The number of sulfonamides is 1. The van der Waals surface area contributed by atoms with Crippen LogP contribution in [0.1, 0.15) is 46.1 Å². The van der Waals surface area contributed by atoms with Gasteiger partial charge in [0.1, 0.15) is 6.04 Å². The summed E-state index contributed by atoms with van der Waals surface area (Å²) in [4.78, 5) is 38.3. The van der Waals surface area contributed by atoms with E-state index >= 15 is 0 Å². The highest BCUT2D eigenvalue weighted by molar-refractivity contribution is 7.89. The van der Waals surface area contributed by atoms with Crippen LogP contribution in [0.3, 0.4) is 0 Å². The van der Waals surface area contributed by atoms with Gasteiger partial charge >= 0.3 is 0 Å². The Morgan fingerprint density at radius 1 is 0.821 bits per heavy atom. The highest BCUT2D eigenvalue weighted by Gasteiger charge is 2.30. The molecule has 0 saturated carbocycles. The van der Waals surface area contributed by atoms with E-state index in [0.717, 1.165) is 16.3 Å². The molecule has 3 amide bonds. The lowest BCUT2D eigenvalue weighted by molar-refractivity contribution is -0.129. The maximum Gasteiger partial charge on any atom is 0.241 e. The summed E-state index contributed by atoms with van der Waals surface area (Å²) < 4.78 is 28.2. The molecule has 0 aliphatic carbocycles. The van der Waals surface area contributed by atoms with E-state index in [4.69, 9.17) is 0 Å². The van der Waals surface area contributed by atoms with Gasteiger partial charge in [-0.2, -0.15) is 4.72 Å². The molecule has 0 radical (unpaired) electrons. The Labute approximate surface area is 229 Å². The van der Waals surface area contributed by atoms with Crippen LogP contribution in [-0.4, -0.2) is 43.8 Å². The molecule has 4 N–H and O–H groups in total. The summed E-state index contributed by atoms with van der Waals surface area (Å²) >= 11 is 0. The van der Waals surface area contributed by atoms with E-state index in [1.165, 1.54) is 12.1 Å². The van der Waals surface area contributed by atoms with Crippen molar-refractivity contribution in [3.63, 3.8) is 0 Å². The van der Waals surface area contributed by atoms with E-state index in [2.05, 4.69) is 20.7 Å². The minimum Gasteiger partial charge on any atom is -0.352 e. The summed E-state index contributed by atoms with van der Waals surface area (Å²) in [6.07, 6.45) is -0.433. The Morgan fingerprint density at radius 3 is 2.15 bits per heavy atom. The number of amides is 3. The quantitative estimate of drug-likeness (QED) is 0.290. The first-order chi connectivity index (χ1) is 18.3. The summed E-state index contributed by atoms with van der Waals surface area (Å²) in [7, 11) is -4.08. The molecule has 0 aromatic heterocycles. The Hall–Kier alpha value is -3.76. The first-order valence-electron chi connectivity index (χ1n) is 12.8. The molecule has 3 aromatic carbocycles. The van der Waals surface area contributed by atoms with E-state index in [-0.39, 0.29) is 17.2 Å². The van der Waals surface area contributed by atoms with E-state index in [1.54, 1.807) is 45.9 Å². The van der Waals surface area contributed by atoms with Gasteiger partial charge < -0.3 is 16.0 Å². The molecule has 0 bridgehead atoms. The molecular formula is C29H36N4O5S. The zero-order valence-corrected chi connectivity index (χ0v) is 23.5. The largest absolute Gasteiger partial charge is 0.352 e. The van der Waals surface area contributed by atoms with Gasteiger partial charge in [0.25, 0.3) is 0 Å². The smallest absolute Gasteiger partial charge is 0.241 e. The first kappa shape index (κ1) is 29.8. The van der Waals surface area contributed by atoms with Crippen LogP contribution >= 0.6 is 0 Å². The predicted octanol–water partition coefficient (Wildman–Crippen LogP) is 3.00. The van der Waals surface area contributed by atoms with E-state index in [1.807, 2.05) is 42.5 Å². The van der Waals surface area contributed by atoms with Crippen LogP contribution in [0.25, 0.3) is 10.8 Å². The number of rotatable bonds is 11. The fraction of sp³-hybridized carbons (Fsp3) is 0.345. The van der Waals surface area contributed by atoms with E-state index < -0.39 is 45.9 Å². The van der Waals surface area contributed by atoms with Crippen molar-refractivity contribution < 1.29 is 22.8 Å². The van der Waals surface area contributed by atoms with Crippen molar-refractivity contribution in [2.75, 3.05) is 0 Å². The van der Waals surface area contributed by atoms with Crippen molar-refractivity contribution in [1.29, 1.82) is 0 Å². The second kappa shape index (κ2) is 12.9. The normalized spacial score (nSPS) is 13.3. The van der Waals surface area contributed by atoms with E-state index in [0.29, 0.717) is 6.54 Å². The summed E-state index contributed by atoms with van der Waals surface area (Å²) in [6.45, 7) is 7.33. The molecule has 208 valence electrons. The molecule has 0 fully saturated rings. The van der Waals surface area contributed by atoms with Gasteiger partial charge in [0.05, 0.1) is 11.3 Å². The Morgan fingerprint density at radius 2 is 1.46 bits per heavy atom. The van der Waals surface area contributed by atoms with Crippen LogP contribution in [0.2, 0.25) is 0 Å². The first-order valence-corrected chi connectivity index (χ1v) is 14.2. The average molecular weight is 553 g/mol. The summed E-state index contributed by atoms with van der Waals surface area (Å²) in [5.41, 5.74) is 0.407. The number of carbonyl (C=O) groups is 3. The monoisotopic (exact) mass is 552 g/mol. The summed E-state index contributed by atoms with van der Waals surface area (Å²) in [5.74, 6) is -1.46. The van der Waals surface area contributed by atoms with Crippen molar-refractivity contribution in [2.24, 2.45) is 0 Å². The van der Waals surface area contributed by atoms with Crippen molar-refractivity contribution in [2.45, 2.75) is 69.6 Å². The zero-order chi connectivity index (χ0) is 28.6. The molecule has 0 spiro atoms. The molecule has 0 heterocycles. The van der Waals surface area contributed by atoms with Crippen LogP contribution in [0.15, 0.2) is 77.7 Å². The Kier molecular flexibility index (Phi) is 9.82. The van der Waals surface area contributed by atoms with Crippen LogP contribution < -0.4 is 20.7 Å². The number of hydrogen-bond donors (Lipinski definition) is 4. The topological polar surface area (TPSA) is 133 Å². The van der Waals surface area contributed by atoms with Gasteiger partial charge in [-0.25, -0.2) is 8.42 Å². The van der Waals surface area contributed by atoms with Gasteiger partial charge in [-0.05, 0) is 56.2 Å². The van der Waals surface area contributed by atoms with Gasteiger partial charge in [0.2, 0.25) is 27.7 Å². The van der Waals surface area contributed by atoms with Crippen molar-refractivity contribution in [3.8, 4) is 0 Å². The van der Waals surface area contributed by atoms with E-state index in [9.17, 15) is 22.8 Å². The predicted molar refractivity (Wildman–Crippen MR) is 151 cm³/mol. The third kappa shape index (κ3) is 9.19. The fourth-order valence-electron chi connectivity index (χ4n) is 4.08. The summed E-state index contributed by atoms with van der Waals surface area (Å²) in [5, 5.41) is 10.4. The molecule has 0 unspecified atom stereocenters. The maximum atomic E-state index is 13.1. The molecule has 3 aromatic rings. The van der Waals surface area contributed by atoms with Crippen molar-refractivity contribution in [1.82, 2.24) is 20.7 Å². The lowest BCUT2D eigenvalue weighted by Crippen LogP contribution is -2.52. The standard InChI is InChI=1S/C29H36N4O5S/c1-20(17-26(34)30-19-22-13-10-12-21-11-8-9-16-24(21)22)31-28(36)25(18-27(35)32-29(2,3)4)33-39(37,38)23-14-6-5-7-15-23/h5-16,20,25,33H,17-19H2,1-4H3,(H,30,34)(H,31,36)(H,32,35)/t20-,25-/m0/s1. The molecular weight excluding hydrogens is 516 g/mol. The number of benzene rings is 3. The molecule has 9 nitrogen and oxygen atoms in total. The second-order valence-electron chi connectivity index (χ2n) is 10.5. The molecule has 2 atom stereocenters. The van der Waals surface area contributed by atoms with Crippen molar-refractivity contribution in [3.05, 3.63) is 78.4 Å². The van der Waals surface area contributed by atoms with Crippen LogP contribution in [0, 0.1) is 0 Å². The number of fused-ring (bicyclic) bond motifs is 1. The van der Waals surface area contributed by atoms with Crippen LogP contribution in [0.5, 0.6) is 0 Å². The Bertz CT molecular complexity index is 1410. The van der Waals surface area contributed by atoms with Crippen molar-refractivity contribution >= 4 is 38.5 Å². The second-order valence-corrected chi connectivity index (χ2v) is 12.2. The SMILES string of the molecule is C[C@@H](CC(=O)NCc1cccc2ccccc12)NC(=O)[C@H](CC(=O)NC(C)(C)C)NS(=O)(=O)c1ccccc1. The number of hydrogen-bond acceptors (Lipinski definition) is 5. The van der Waals surface area contributed by atoms with Gasteiger partial charge in [-0.3, -0.25) is 14.4 Å². The highest BCUT2D eigenvalue weighted by atomic mass is 32.2. The van der Waals surface area contributed by atoms with Crippen LogP contribution in [0.4, 0.5) is 0 Å². The molecule has 0 aliphatic rings. The van der Waals surface area contributed by atoms with Gasteiger partial charge in [-0.1, -0.05) is 60.7 Å². The van der Waals surface area contributed by atoms with Gasteiger partial charge in [-0.15, -0.1) is 0 Å². The fourth-order valence-corrected chi connectivity index (χ4v) is 5.30. The zero-order valence-electron chi connectivity index (χ0n) is 22.7. The highest BCUT2D eigenvalue weighted by Crippen LogP contribution is 2.18.